The summed E-state index contributed by atoms with van der Waals surface area (Å²) in [6.45, 7) is 4.69. The average molecular weight is 261 g/mol. The molecule has 2 rings (SSSR count). The highest BCUT2D eigenvalue weighted by atomic mass is 16.5. The Kier molecular flexibility index (Phi) is 5.00. The summed E-state index contributed by atoms with van der Waals surface area (Å²) in [7, 11) is 1.77. The lowest BCUT2D eigenvalue weighted by molar-refractivity contribution is 0.0421. The third-order valence-electron chi connectivity index (χ3n) is 4.49. The highest BCUT2D eigenvalue weighted by Crippen LogP contribution is 2.37. The van der Waals surface area contributed by atoms with Gasteiger partial charge in [-0.15, -0.1) is 0 Å². The van der Waals surface area contributed by atoms with Gasteiger partial charge in [-0.2, -0.15) is 0 Å². The fourth-order valence-electron chi connectivity index (χ4n) is 3.73. The summed E-state index contributed by atoms with van der Waals surface area (Å²) >= 11 is 0. The highest BCUT2D eigenvalue weighted by Gasteiger charge is 2.33. The van der Waals surface area contributed by atoms with Gasteiger partial charge in [0.15, 0.2) is 0 Å². The smallest absolute Gasteiger partial charge is 0.0974 e. The zero-order valence-corrected chi connectivity index (χ0v) is 12.4. The van der Waals surface area contributed by atoms with Crippen molar-refractivity contribution in [3.63, 3.8) is 0 Å². The molecule has 0 amide bonds. The molecule has 0 spiro atoms. The Labute approximate surface area is 117 Å². The number of benzene rings is 1. The first kappa shape index (κ1) is 14.5. The maximum atomic E-state index is 6.53. The molecule has 0 saturated heterocycles. The van der Waals surface area contributed by atoms with Gasteiger partial charge < -0.3 is 10.5 Å². The first-order valence-electron chi connectivity index (χ1n) is 7.45. The Morgan fingerprint density at radius 3 is 2.16 bits per heavy atom. The minimum atomic E-state index is 0.0173. The predicted molar refractivity (Wildman–Crippen MR) is 79.8 cm³/mol. The lowest BCUT2D eigenvalue weighted by Gasteiger charge is -2.37. The Balaban J connectivity index is 2.10. The van der Waals surface area contributed by atoms with Crippen LogP contribution in [0.25, 0.3) is 0 Å². The van der Waals surface area contributed by atoms with Crippen LogP contribution in [0.1, 0.15) is 44.8 Å². The van der Waals surface area contributed by atoms with Crippen LogP contribution in [0.4, 0.5) is 0 Å². The largest absolute Gasteiger partial charge is 0.375 e. The van der Waals surface area contributed by atoms with Crippen LogP contribution >= 0.6 is 0 Å². The van der Waals surface area contributed by atoms with E-state index in [-0.39, 0.29) is 12.1 Å². The summed E-state index contributed by atoms with van der Waals surface area (Å²) in [4.78, 5) is 0. The number of ether oxygens (including phenoxy) is 1. The second-order valence-corrected chi connectivity index (χ2v) is 6.32. The molecule has 0 bridgehead atoms. The molecule has 4 atom stereocenters. The van der Waals surface area contributed by atoms with Gasteiger partial charge in [-0.05, 0) is 42.6 Å². The zero-order valence-electron chi connectivity index (χ0n) is 12.4. The van der Waals surface area contributed by atoms with Crippen molar-refractivity contribution in [1.82, 2.24) is 0 Å². The van der Waals surface area contributed by atoms with E-state index in [9.17, 15) is 0 Å². The summed E-state index contributed by atoms with van der Waals surface area (Å²) in [5.41, 5.74) is 7.73. The molecule has 1 aromatic carbocycles. The van der Waals surface area contributed by atoms with Crippen molar-refractivity contribution in [2.45, 2.75) is 45.3 Å². The Bertz CT molecular complexity index is 368. The second kappa shape index (κ2) is 6.53. The minimum absolute atomic E-state index is 0.0173. The molecule has 0 aromatic heterocycles. The molecule has 2 heteroatoms. The summed E-state index contributed by atoms with van der Waals surface area (Å²) in [6, 6.07) is 10.5. The molecule has 1 fully saturated rings. The third-order valence-corrected chi connectivity index (χ3v) is 4.49. The summed E-state index contributed by atoms with van der Waals surface area (Å²) in [5, 5.41) is 0. The molecular formula is C17H27NO. The lowest BCUT2D eigenvalue weighted by atomic mass is 9.72. The number of hydrogen-bond donors (Lipinski definition) is 1. The first-order chi connectivity index (χ1) is 9.11. The highest BCUT2D eigenvalue weighted by molar-refractivity contribution is 5.19. The Morgan fingerprint density at radius 2 is 1.63 bits per heavy atom. The van der Waals surface area contributed by atoms with Gasteiger partial charge in [0.1, 0.15) is 0 Å². The summed E-state index contributed by atoms with van der Waals surface area (Å²) in [5.74, 6) is 2.14. The van der Waals surface area contributed by atoms with E-state index in [4.69, 9.17) is 10.5 Å². The van der Waals surface area contributed by atoms with E-state index < -0.39 is 0 Å². The number of methoxy groups -OCH3 is 1. The fraction of sp³-hybridized carbons (Fsp3) is 0.647. The normalized spacial score (nSPS) is 30.8. The maximum absolute atomic E-state index is 6.53. The van der Waals surface area contributed by atoms with Crippen molar-refractivity contribution in [2.24, 2.45) is 23.5 Å². The Morgan fingerprint density at radius 1 is 1.05 bits per heavy atom. The quantitative estimate of drug-likeness (QED) is 0.895. The van der Waals surface area contributed by atoms with Crippen LogP contribution in [0.3, 0.4) is 0 Å². The van der Waals surface area contributed by atoms with Crippen LogP contribution in [0.2, 0.25) is 0 Å². The van der Waals surface area contributed by atoms with Gasteiger partial charge in [0.25, 0.3) is 0 Å². The number of hydrogen-bond acceptors (Lipinski definition) is 2. The van der Waals surface area contributed by atoms with Gasteiger partial charge in [0.2, 0.25) is 0 Å². The second-order valence-electron chi connectivity index (χ2n) is 6.32. The molecule has 19 heavy (non-hydrogen) atoms. The van der Waals surface area contributed by atoms with Crippen LogP contribution in [-0.2, 0) is 4.74 Å². The van der Waals surface area contributed by atoms with Crippen molar-refractivity contribution in [2.75, 3.05) is 7.11 Å². The van der Waals surface area contributed by atoms with Crippen LogP contribution in [0.5, 0.6) is 0 Å². The molecule has 1 saturated carbocycles. The van der Waals surface area contributed by atoms with Crippen LogP contribution in [0, 0.1) is 17.8 Å². The van der Waals surface area contributed by atoms with E-state index in [1.807, 2.05) is 6.07 Å². The standard InChI is InChI=1S/C17H27NO/c1-12-9-13(2)11-15(10-12)16(18)17(19-3)14-7-5-4-6-8-14/h4-8,12-13,15-17H,9-11,18H2,1-3H3. The molecule has 0 radical (unpaired) electrons. The number of rotatable bonds is 4. The molecule has 0 aliphatic heterocycles. The molecule has 2 N–H and O–H groups in total. The lowest BCUT2D eigenvalue weighted by Crippen LogP contribution is -2.40. The van der Waals surface area contributed by atoms with Crippen LogP contribution in [-0.4, -0.2) is 13.2 Å². The SMILES string of the molecule is COC(c1ccccc1)C(N)C1CC(C)CC(C)C1. The molecule has 1 aliphatic carbocycles. The van der Waals surface area contributed by atoms with Crippen LogP contribution in [0.15, 0.2) is 30.3 Å². The van der Waals surface area contributed by atoms with Gasteiger partial charge in [-0.25, -0.2) is 0 Å². The first-order valence-corrected chi connectivity index (χ1v) is 7.45. The molecule has 1 aliphatic rings. The van der Waals surface area contributed by atoms with E-state index in [2.05, 4.69) is 38.1 Å². The van der Waals surface area contributed by atoms with E-state index in [0.29, 0.717) is 5.92 Å². The Hall–Kier alpha value is -0.860. The fourth-order valence-corrected chi connectivity index (χ4v) is 3.73. The average Bonchev–Trinajstić information content (AvgIpc) is 2.39. The van der Waals surface area contributed by atoms with E-state index in [1.54, 1.807) is 7.11 Å². The zero-order chi connectivity index (χ0) is 13.8. The number of nitrogens with two attached hydrogens (primary N) is 1. The van der Waals surface area contributed by atoms with Gasteiger partial charge in [0, 0.05) is 13.2 Å². The molecular weight excluding hydrogens is 234 g/mol. The van der Waals surface area contributed by atoms with Crippen molar-refractivity contribution in [3.05, 3.63) is 35.9 Å². The van der Waals surface area contributed by atoms with Gasteiger partial charge in [0.05, 0.1) is 6.10 Å². The minimum Gasteiger partial charge on any atom is -0.375 e. The van der Waals surface area contributed by atoms with Crippen molar-refractivity contribution >= 4 is 0 Å². The van der Waals surface area contributed by atoms with E-state index in [1.165, 1.54) is 24.8 Å². The summed E-state index contributed by atoms with van der Waals surface area (Å²) in [6.07, 6.45) is 3.83. The molecule has 106 valence electrons. The molecule has 2 nitrogen and oxygen atoms in total. The maximum Gasteiger partial charge on any atom is 0.0974 e. The molecule has 4 unspecified atom stereocenters. The summed E-state index contributed by atoms with van der Waals surface area (Å²) < 4.78 is 5.70. The van der Waals surface area contributed by atoms with Gasteiger partial charge >= 0.3 is 0 Å². The topological polar surface area (TPSA) is 35.2 Å². The predicted octanol–water partition coefficient (Wildman–Crippen LogP) is 3.77. The van der Waals surface area contributed by atoms with E-state index in [0.717, 1.165) is 11.8 Å². The third kappa shape index (κ3) is 3.58. The van der Waals surface area contributed by atoms with Gasteiger partial charge in [-0.1, -0.05) is 44.2 Å². The van der Waals surface area contributed by atoms with Crippen molar-refractivity contribution in [3.8, 4) is 0 Å². The van der Waals surface area contributed by atoms with E-state index >= 15 is 0 Å². The van der Waals surface area contributed by atoms with Crippen molar-refractivity contribution in [1.29, 1.82) is 0 Å². The monoisotopic (exact) mass is 261 g/mol. The molecule has 0 heterocycles. The molecule has 1 aromatic rings. The van der Waals surface area contributed by atoms with Crippen LogP contribution < -0.4 is 5.73 Å². The van der Waals surface area contributed by atoms with Gasteiger partial charge in [-0.3, -0.25) is 0 Å². The van der Waals surface area contributed by atoms with Crippen molar-refractivity contribution < 1.29 is 4.74 Å².